The van der Waals surface area contributed by atoms with Crippen molar-refractivity contribution < 1.29 is 17.6 Å². The molecule has 6 nitrogen and oxygen atoms in total. The Balaban J connectivity index is 1.95. The average molecular weight is 421 g/mol. The number of allylic oxidation sites excluding steroid dienone is 2. The van der Waals surface area contributed by atoms with E-state index in [4.69, 9.17) is 4.42 Å². The number of fused-ring (bicyclic) bond motifs is 1. The maximum absolute atomic E-state index is 12.9. The van der Waals surface area contributed by atoms with Gasteiger partial charge in [-0.15, -0.1) is 0 Å². The molecule has 0 saturated heterocycles. The molecule has 0 aliphatic carbocycles. The van der Waals surface area contributed by atoms with Gasteiger partial charge in [0.15, 0.2) is 11.2 Å². The lowest BCUT2D eigenvalue weighted by molar-refractivity contribution is -0.112. The molecule has 0 atom stereocenters. The first-order valence-corrected chi connectivity index (χ1v) is 10.9. The smallest absolute Gasteiger partial charge is 0.229 e. The molecular formula is C23H19NO5S. The lowest BCUT2D eigenvalue weighted by Gasteiger charge is -2.06. The third-order valence-corrected chi connectivity index (χ3v) is 4.70. The maximum atomic E-state index is 12.9. The molecule has 0 fully saturated rings. The normalized spacial score (nSPS) is 11.6. The van der Waals surface area contributed by atoms with Gasteiger partial charge in [-0.3, -0.25) is 14.3 Å². The van der Waals surface area contributed by atoms with E-state index in [1.54, 1.807) is 49.4 Å². The number of carbonyl (C=O) groups excluding carboxylic acids is 1. The predicted molar refractivity (Wildman–Crippen MR) is 118 cm³/mol. The highest BCUT2D eigenvalue weighted by Crippen LogP contribution is 2.22. The third-order valence-electron chi connectivity index (χ3n) is 4.10. The van der Waals surface area contributed by atoms with E-state index in [9.17, 15) is 18.0 Å². The van der Waals surface area contributed by atoms with Crippen LogP contribution in [0.4, 0.5) is 5.69 Å². The Morgan fingerprint density at radius 3 is 2.43 bits per heavy atom. The van der Waals surface area contributed by atoms with E-state index in [0.717, 1.165) is 6.26 Å². The van der Waals surface area contributed by atoms with Crippen LogP contribution < -0.4 is 10.2 Å². The highest BCUT2D eigenvalue weighted by molar-refractivity contribution is 7.92. The van der Waals surface area contributed by atoms with E-state index in [1.807, 2.05) is 0 Å². The number of sulfonamides is 1. The zero-order valence-electron chi connectivity index (χ0n) is 16.6. The number of rotatable bonds is 4. The number of carbonyl (C=O) groups is 1. The van der Waals surface area contributed by atoms with Crippen molar-refractivity contribution in [2.75, 3.05) is 11.0 Å². The largest absolute Gasteiger partial charge is 0.463 e. The molecule has 0 aliphatic rings. The summed E-state index contributed by atoms with van der Waals surface area (Å²) in [6.45, 7) is 3.21. The van der Waals surface area contributed by atoms with Crippen molar-refractivity contribution in [3.05, 3.63) is 76.2 Å². The van der Waals surface area contributed by atoms with E-state index in [2.05, 4.69) is 16.6 Å². The van der Waals surface area contributed by atoms with E-state index >= 15 is 0 Å². The summed E-state index contributed by atoms with van der Waals surface area (Å²) < 4.78 is 30.6. The molecule has 2 aromatic carbocycles. The van der Waals surface area contributed by atoms with Crippen molar-refractivity contribution in [1.29, 1.82) is 0 Å². The van der Waals surface area contributed by atoms with Crippen LogP contribution >= 0.6 is 0 Å². The van der Waals surface area contributed by atoms with Crippen molar-refractivity contribution in [1.82, 2.24) is 0 Å². The molecule has 0 aliphatic heterocycles. The minimum atomic E-state index is -3.37. The number of benzene rings is 2. The second-order valence-corrected chi connectivity index (χ2v) is 8.58. The van der Waals surface area contributed by atoms with Gasteiger partial charge in [0, 0.05) is 16.8 Å². The Kier molecular flexibility index (Phi) is 5.90. The van der Waals surface area contributed by atoms with E-state index in [-0.39, 0.29) is 11.2 Å². The monoisotopic (exact) mass is 421 g/mol. The molecular weight excluding hydrogens is 402 g/mol. The Morgan fingerprint density at radius 2 is 1.80 bits per heavy atom. The number of nitrogens with one attached hydrogen (secondary N) is 1. The van der Waals surface area contributed by atoms with Crippen LogP contribution in [-0.2, 0) is 14.8 Å². The molecule has 152 valence electrons. The summed E-state index contributed by atoms with van der Waals surface area (Å²) in [5.74, 6) is 5.76. The van der Waals surface area contributed by atoms with Gasteiger partial charge >= 0.3 is 0 Å². The fraction of sp³-hybridized carbons (Fsp3) is 0.130. The van der Waals surface area contributed by atoms with Crippen LogP contribution in [-0.4, -0.2) is 20.5 Å². The highest BCUT2D eigenvalue weighted by Gasteiger charge is 2.10. The lowest BCUT2D eigenvalue weighted by Crippen LogP contribution is -2.09. The van der Waals surface area contributed by atoms with Gasteiger partial charge in [0.25, 0.3) is 0 Å². The molecule has 3 aromatic rings. The summed E-state index contributed by atoms with van der Waals surface area (Å²) in [6, 6.07) is 11.5. The van der Waals surface area contributed by atoms with Crippen LogP contribution in [0, 0.1) is 11.8 Å². The van der Waals surface area contributed by atoms with Crippen molar-refractivity contribution in [3.8, 4) is 23.0 Å². The number of hydrogen-bond acceptors (Lipinski definition) is 5. The van der Waals surface area contributed by atoms with Crippen molar-refractivity contribution in [2.24, 2.45) is 0 Å². The first-order chi connectivity index (χ1) is 14.1. The van der Waals surface area contributed by atoms with Crippen molar-refractivity contribution >= 4 is 32.5 Å². The van der Waals surface area contributed by atoms with E-state index in [0.29, 0.717) is 38.9 Å². The molecule has 0 spiro atoms. The topological polar surface area (TPSA) is 93.5 Å². The van der Waals surface area contributed by atoms with Crippen molar-refractivity contribution in [3.63, 3.8) is 0 Å². The molecule has 0 amide bonds. The first kappa shape index (κ1) is 21.1. The maximum Gasteiger partial charge on any atom is 0.229 e. The summed E-state index contributed by atoms with van der Waals surface area (Å²) in [7, 11) is -3.37. The van der Waals surface area contributed by atoms with E-state index in [1.165, 1.54) is 19.3 Å². The second-order valence-electron chi connectivity index (χ2n) is 6.83. The summed E-state index contributed by atoms with van der Waals surface area (Å²) in [4.78, 5) is 24.0. The van der Waals surface area contributed by atoms with Gasteiger partial charge in [0.1, 0.15) is 11.8 Å². The van der Waals surface area contributed by atoms with Crippen LogP contribution in [0.25, 0.3) is 22.1 Å². The van der Waals surface area contributed by atoms with Gasteiger partial charge in [-0.1, -0.05) is 24.0 Å². The zero-order chi connectivity index (χ0) is 21.9. The fourth-order valence-corrected chi connectivity index (χ4v) is 3.41. The molecule has 7 heteroatoms. The molecule has 1 N–H and O–H groups in total. The van der Waals surface area contributed by atoms with Crippen LogP contribution in [0.2, 0.25) is 0 Å². The molecule has 0 unspecified atom stereocenters. The molecule has 0 saturated carbocycles. The number of hydrogen-bond donors (Lipinski definition) is 1. The molecule has 30 heavy (non-hydrogen) atoms. The number of ketones is 1. The van der Waals surface area contributed by atoms with E-state index < -0.39 is 10.0 Å². The van der Waals surface area contributed by atoms with Crippen molar-refractivity contribution in [2.45, 2.75) is 13.8 Å². The van der Waals surface area contributed by atoms with Crippen LogP contribution in [0.3, 0.4) is 0 Å². The average Bonchev–Trinajstić information content (AvgIpc) is 2.66. The Bertz CT molecular complexity index is 1390. The minimum Gasteiger partial charge on any atom is -0.463 e. The SMILES string of the molecule is CC(=O)/C=C(\C)C#Cc1ccc2c(=O)c(-c3ccc(NS(C)(=O)=O)cc3)coc2c1. The zero-order valence-corrected chi connectivity index (χ0v) is 17.5. The van der Waals surface area contributed by atoms with Gasteiger partial charge in [-0.2, -0.15) is 0 Å². The summed E-state index contributed by atoms with van der Waals surface area (Å²) >= 11 is 0. The summed E-state index contributed by atoms with van der Waals surface area (Å²) in [5.41, 5.74) is 2.89. The second kappa shape index (κ2) is 8.39. The highest BCUT2D eigenvalue weighted by atomic mass is 32.2. The molecule has 1 heterocycles. The lowest BCUT2D eigenvalue weighted by atomic mass is 10.0. The van der Waals surface area contributed by atoms with Gasteiger partial charge in [0.2, 0.25) is 10.0 Å². The van der Waals surface area contributed by atoms with Crippen LogP contribution in [0.1, 0.15) is 19.4 Å². The van der Waals surface area contributed by atoms with Crippen LogP contribution in [0.15, 0.2) is 69.6 Å². The Hall–Kier alpha value is -3.63. The first-order valence-electron chi connectivity index (χ1n) is 8.97. The Labute approximate surface area is 174 Å². The van der Waals surface area contributed by atoms with Gasteiger partial charge in [-0.05, 0) is 55.8 Å². The molecule has 3 rings (SSSR count). The Morgan fingerprint density at radius 1 is 1.10 bits per heavy atom. The predicted octanol–water partition coefficient (Wildman–Crippen LogP) is 3.72. The number of anilines is 1. The quantitative estimate of drug-likeness (QED) is 0.512. The molecule has 0 radical (unpaired) electrons. The fourth-order valence-electron chi connectivity index (χ4n) is 2.85. The molecule has 0 bridgehead atoms. The van der Waals surface area contributed by atoms with Crippen LogP contribution in [0.5, 0.6) is 0 Å². The standard InChI is InChI=1S/C23H19NO5S/c1-15(12-16(2)25)4-5-17-6-11-20-22(13-17)29-14-21(23(20)26)18-7-9-19(10-8-18)24-30(3,27)28/h6-14,24H,1-3H3/b15-12+. The van der Waals surface area contributed by atoms with Gasteiger partial charge in [-0.25, -0.2) is 8.42 Å². The van der Waals surface area contributed by atoms with Gasteiger partial charge in [0.05, 0.1) is 17.2 Å². The summed E-state index contributed by atoms with van der Waals surface area (Å²) in [5, 5.41) is 0.410. The molecule has 1 aromatic heterocycles. The minimum absolute atomic E-state index is 0.0704. The third kappa shape index (κ3) is 5.25. The van der Waals surface area contributed by atoms with Gasteiger partial charge < -0.3 is 4.42 Å². The summed E-state index contributed by atoms with van der Waals surface area (Å²) in [6.07, 6.45) is 3.90.